The maximum absolute atomic E-state index is 7.29. The second-order valence-electron chi connectivity index (χ2n) is 1.75. The van der Waals surface area contributed by atoms with Gasteiger partial charge in [0.1, 0.15) is 13.2 Å². The first-order chi connectivity index (χ1) is 5.68. The van der Waals surface area contributed by atoms with Crippen molar-refractivity contribution in [3.05, 3.63) is 12.6 Å². The Balaban J connectivity index is 2.93. The van der Waals surface area contributed by atoms with E-state index in [1.165, 1.54) is 6.33 Å². The van der Waals surface area contributed by atoms with E-state index in [0.29, 0.717) is 5.52 Å². The Morgan fingerprint density at radius 1 is 1.60 bits per heavy atom. The SMILES string of the molecule is [2H]c1nc(N)c2c(ncn2[2H])n1. The molecule has 0 unspecified atom stereocenters. The fraction of sp³-hybridized carbons (Fsp3) is 0. The van der Waals surface area contributed by atoms with E-state index < -0.39 is 0 Å². The highest BCUT2D eigenvalue weighted by Gasteiger charge is 1.99. The van der Waals surface area contributed by atoms with Crippen molar-refractivity contribution in [1.29, 1.82) is 0 Å². The lowest BCUT2D eigenvalue weighted by molar-refractivity contribution is 1.21. The van der Waals surface area contributed by atoms with Crippen LogP contribution in [-0.2, 0) is 0 Å². The Bertz CT molecular complexity index is 437. The first-order valence-corrected chi connectivity index (χ1v) is 2.65. The van der Waals surface area contributed by atoms with Gasteiger partial charge in [-0.1, -0.05) is 0 Å². The maximum atomic E-state index is 7.29. The molecule has 5 heteroatoms. The molecule has 0 bridgehead atoms. The van der Waals surface area contributed by atoms with Crippen molar-refractivity contribution in [3.8, 4) is 0 Å². The number of nitrogens with zero attached hydrogens (tertiary/aromatic N) is 3. The smallest absolute Gasteiger partial charge is 0.182 e. The number of hydrogen-bond donors (Lipinski definition) is 2. The fourth-order valence-electron chi connectivity index (χ4n) is 0.702. The molecular formula is C5H5N5. The second kappa shape index (κ2) is 1.66. The van der Waals surface area contributed by atoms with Crippen LogP contribution in [0, 0.1) is 0 Å². The van der Waals surface area contributed by atoms with Gasteiger partial charge < -0.3 is 10.7 Å². The van der Waals surface area contributed by atoms with E-state index in [9.17, 15) is 0 Å². The van der Waals surface area contributed by atoms with Gasteiger partial charge in [-0.15, -0.1) is 0 Å². The van der Waals surface area contributed by atoms with Crippen molar-refractivity contribution in [2.24, 2.45) is 0 Å². The number of aromatic amines is 1. The van der Waals surface area contributed by atoms with Crippen LogP contribution < -0.4 is 5.73 Å². The van der Waals surface area contributed by atoms with Crippen LogP contribution in [0.5, 0.6) is 0 Å². The van der Waals surface area contributed by atoms with Gasteiger partial charge in [-0.3, -0.25) is 0 Å². The monoisotopic (exact) mass is 137 g/mol. The van der Waals surface area contributed by atoms with Gasteiger partial charge in [0.05, 0.1) is 6.33 Å². The molecule has 0 aliphatic rings. The van der Waals surface area contributed by atoms with Crippen LogP contribution in [0.15, 0.2) is 12.6 Å². The second-order valence-corrected chi connectivity index (χ2v) is 1.75. The van der Waals surface area contributed by atoms with E-state index in [4.69, 9.17) is 8.52 Å². The Morgan fingerprint density at radius 3 is 3.40 bits per heavy atom. The molecule has 0 aliphatic carbocycles. The van der Waals surface area contributed by atoms with Gasteiger partial charge in [0.2, 0.25) is 0 Å². The van der Waals surface area contributed by atoms with E-state index in [1.54, 1.807) is 0 Å². The summed E-state index contributed by atoms with van der Waals surface area (Å²) >= 11 is 0. The minimum Gasteiger partial charge on any atom is -0.382 e. The third kappa shape index (κ3) is 0.540. The average Bonchev–Trinajstić information content (AvgIpc) is 2.31. The summed E-state index contributed by atoms with van der Waals surface area (Å²) in [6.45, 7) is 0. The predicted octanol–water partition coefficient (Wildman–Crippen LogP) is -0.0649. The first-order valence-electron chi connectivity index (χ1n) is 3.59. The van der Waals surface area contributed by atoms with Crippen LogP contribution in [-0.4, -0.2) is 19.9 Å². The summed E-state index contributed by atoms with van der Waals surface area (Å²) in [5, 5.41) is 0. The Hall–Kier alpha value is -1.65. The number of nitrogens with two attached hydrogens (primary N) is 1. The lowest BCUT2D eigenvalue weighted by Crippen LogP contribution is -1.91. The van der Waals surface area contributed by atoms with E-state index in [1.807, 2.05) is 0 Å². The summed E-state index contributed by atoms with van der Waals surface area (Å²) in [5.74, 6) is 0.109. The van der Waals surface area contributed by atoms with Crippen molar-refractivity contribution < 1.29 is 2.78 Å². The van der Waals surface area contributed by atoms with E-state index in [2.05, 4.69) is 15.0 Å². The van der Waals surface area contributed by atoms with Crippen molar-refractivity contribution in [2.45, 2.75) is 0 Å². The number of fused-ring (bicyclic) bond motifs is 1. The molecule has 0 aliphatic heterocycles. The lowest BCUT2D eigenvalue weighted by atomic mass is 10.5. The van der Waals surface area contributed by atoms with Gasteiger partial charge in [0.15, 0.2) is 12.9 Å². The Morgan fingerprint density at radius 2 is 2.50 bits per heavy atom. The van der Waals surface area contributed by atoms with Crippen molar-refractivity contribution >= 4 is 17.0 Å². The van der Waals surface area contributed by atoms with E-state index in [-0.39, 0.29) is 17.8 Å². The molecule has 3 N–H and O–H groups in total. The number of nitrogens with one attached hydrogen (secondary N) is 1. The van der Waals surface area contributed by atoms with E-state index in [0.717, 1.165) is 4.98 Å². The zero-order valence-corrected chi connectivity index (χ0v) is 4.94. The minimum absolute atomic E-state index is 0.109. The minimum atomic E-state index is -0.182. The zero-order chi connectivity index (χ0) is 8.72. The molecule has 0 radical (unpaired) electrons. The third-order valence-corrected chi connectivity index (χ3v) is 1.15. The molecular weight excluding hydrogens is 130 g/mol. The molecule has 0 fully saturated rings. The van der Waals surface area contributed by atoms with Crippen molar-refractivity contribution in [1.82, 2.24) is 19.9 Å². The van der Waals surface area contributed by atoms with Gasteiger partial charge >= 0.3 is 0 Å². The number of imidazole rings is 1. The van der Waals surface area contributed by atoms with Crippen LogP contribution in [0.3, 0.4) is 0 Å². The number of rotatable bonds is 0. The number of hydrogen-bond acceptors (Lipinski definition) is 4. The quantitative estimate of drug-likeness (QED) is 0.532. The third-order valence-electron chi connectivity index (χ3n) is 1.15. The normalized spacial score (nSPS) is 13.2. The number of nitrogen functional groups attached to an aromatic ring is 1. The molecule has 0 atom stereocenters. The molecule has 2 aromatic heterocycles. The van der Waals surface area contributed by atoms with Crippen LogP contribution in [0.4, 0.5) is 5.82 Å². The van der Waals surface area contributed by atoms with Gasteiger partial charge in [0.25, 0.3) is 0 Å². The largest absolute Gasteiger partial charge is 0.382 e. The number of aromatic nitrogens is 4. The molecule has 0 aromatic carbocycles. The Kier molecular flexibility index (Phi) is 0.582. The number of H-pyrrole nitrogens is 1. The zero-order valence-electron chi connectivity index (χ0n) is 6.94. The summed E-state index contributed by atoms with van der Waals surface area (Å²) in [7, 11) is 0. The van der Waals surface area contributed by atoms with Crippen LogP contribution >= 0.6 is 0 Å². The lowest BCUT2D eigenvalue weighted by Gasteiger charge is -1.89. The highest BCUT2D eigenvalue weighted by molar-refractivity contribution is 5.80. The number of anilines is 1. The van der Waals surface area contributed by atoms with Gasteiger partial charge in [-0.2, -0.15) is 0 Å². The molecule has 2 aromatic rings. The molecule has 10 heavy (non-hydrogen) atoms. The fourth-order valence-corrected chi connectivity index (χ4v) is 0.702. The van der Waals surface area contributed by atoms with Gasteiger partial charge in [-0.25, -0.2) is 15.0 Å². The van der Waals surface area contributed by atoms with E-state index >= 15 is 0 Å². The Labute approximate surface area is 59.2 Å². The molecule has 2 rings (SSSR count). The molecule has 0 spiro atoms. The van der Waals surface area contributed by atoms with Crippen LogP contribution in [0.25, 0.3) is 11.2 Å². The summed E-state index contributed by atoms with van der Waals surface area (Å²) in [6, 6.07) is 0. The van der Waals surface area contributed by atoms with Gasteiger partial charge in [0, 0.05) is 0 Å². The van der Waals surface area contributed by atoms with Crippen LogP contribution in [0.1, 0.15) is 1.37 Å². The van der Waals surface area contributed by atoms with Crippen molar-refractivity contribution in [3.63, 3.8) is 0 Å². The van der Waals surface area contributed by atoms with Crippen LogP contribution in [0.2, 0.25) is 1.41 Å². The topological polar surface area (TPSA) is 80.5 Å². The molecule has 50 valence electrons. The summed E-state index contributed by atoms with van der Waals surface area (Å²) in [4.78, 5) is 12.0. The standard InChI is InChI=1S/C5H5N5/c6-4-3-5(9-1-7-3)10-2-8-4/h1-2H,(H3,6,7,8,9,10)/i2D/hD. The van der Waals surface area contributed by atoms with Crippen molar-refractivity contribution in [2.75, 3.05) is 5.73 Å². The molecule has 5 nitrogen and oxygen atoms in total. The predicted molar refractivity (Wildman–Crippen MR) is 36.1 cm³/mol. The summed E-state index contributed by atoms with van der Waals surface area (Å²) < 4.78 is 14.4. The first kappa shape index (κ1) is 3.50. The summed E-state index contributed by atoms with van der Waals surface area (Å²) in [6.07, 6.45) is 1.08. The highest BCUT2D eigenvalue weighted by Crippen LogP contribution is 2.09. The van der Waals surface area contributed by atoms with Gasteiger partial charge in [-0.05, 0) is 0 Å². The molecule has 0 saturated heterocycles. The molecule has 2 heterocycles. The molecule has 0 saturated carbocycles. The average molecular weight is 137 g/mol. The molecule has 0 amide bonds. The maximum Gasteiger partial charge on any atom is 0.182 e. The highest BCUT2D eigenvalue weighted by atomic mass is 15.0. The summed E-state index contributed by atoms with van der Waals surface area (Å²) in [5.41, 5.74) is 6.07.